The SMILES string of the molecule is CCC(=O)Nc1cccc(C(=O)NC2(C)CCNCC2)c1. The zero-order valence-electron chi connectivity index (χ0n) is 12.7. The van der Waals surface area contributed by atoms with Gasteiger partial charge in [-0.25, -0.2) is 0 Å². The Morgan fingerprint density at radius 3 is 2.67 bits per heavy atom. The summed E-state index contributed by atoms with van der Waals surface area (Å²) in [5.41, 5.74) is 1.07. The first-order valence-corrected chi connectivity index (χ1v) is 7.45. The molecule has 0 unspecified atom stereocenters. The minimum absolute atomic E-state index is 0.0575. The highest BCUT2D eigenvalue weighted by molar-refractivity contribution is 5.97. The lowest BCUT2D eigenvalue weighted by atomic mass is 9.90. The number of nitrogens with one attached hydrogen (secondary N) is 3. The Morgan fingerprint density at radius 2 is 2.00 bits per heavy atom. The van der Waals surface area contributed by atoms with Crippen LogP contribution in [0.15, 0.2) is 24.3 Å². The summed E-state index contributed by atoms with van der Waals surface area (Å²) in [6, 6.07) is 7.05. The topological polar surface area (TPSA) is 70.2 Å². The molecule has 21 heavy (non-hydrogen) atoms. The number of benzene rings is 1. The summed E-state index contributed by atoms with van der Waals surface area (Å²) in [4.78, 5) is 23.8. The van der Waals surface area contributed by atoms with E-state index in [0.29, 0.717) is 17.7 Å². The molecule has 0 spiro atoms. The molecule has 3 N–H and O–H groups in total. The Labute approximate surface area is 125 Å². The van der Waals surface area contributed by atoms with Crippen molar-refractivity contribution in [1.82, 2.24) is 10.6 Å². The molecular weight excluding hydrogens is 266 g/mol. The second-order valence-corrected chi connectivity index (χ2v) is 5.75. The van der Waals surface area contributed by atoms with Gasteiger partial charge in [0, 0.05) is 23.2 Å². The van der Waals surface area contributed by atoms with Crippen LogP contribution in [0.3, 0.4) is 0 Å². The predicted molar refractivity (Wildman–Crippen MR) is 83.3 cm³/mol. The molecule has 2 amide bonds. The van der Waals surface area contributed by atoms with Gasteiger partial charge >= 0.3 is 0 Å². The average Bonchev–Trinajstić information content (AvgIpc) is 2.47. The minimum Gasteiger partial charge on any atom is -0.347 e. The Bertz CT molecular complexity index is 522. The third-order valence-corrected chi connectivity index (χ3v) is 3.85. The zero-order chi connectivity index (χ0) is 15.3. The van der Waals surface area contributed by atoms with Gasteiger partial charge in [0.2, 0.25) is 5.91 Å². The second kappa shape index (κ2) is 6.72. The van der Waals surface area contributed by atoms with Gasteiger partial charge in [-0.05, 0) is 51.1 Å². The van der Waals surface area contributed by atoms with Gasteiger partial charge in [-0.2, -0.15) is 0 Å². The normalized spacial score (nSPS) is 17.0. The van der Waals surface area contributed by atoms with Crippen molar-refractivity contribution in [1.29, 1.82) is 0 Å². The maximum Gasteiger partial charge on any atom is 0.251 e. The fourth-order valence-electron chi connectivity index (χ4n) is 2.44. The molecule has 0 atom stereocenters. The molecule has 114 valence electrons. The van der Waals surface area contributed by atoms with Crippen molar-refractivity contribution in [3.05, 3.63) is 29.8 Å². The van der Waals surface area contributed by atoms with E-state index in [0.717, 1.165) is 25.9 Å². The van der Waals surface area contributed by atoms with Crippen LogP contribution in [0.25, 0.3) is 0 Å². The van der Waals surface area contributed by atoms with Crippen molar-refractivity contribution in [3.63, 3.8) is 0 Å². The third-order valence-electron chi connectivity index (χ3n) is 3.85. The van der Waals surface area contributed by atoms with Gasteiger partial charge in [-0.15, -0.1) is 0 Å². The van der Waals surface area contributed by atoms with Crippen molar-refractivity contribution in [3.8, 4) is 0 Å². The molecule has 0 aromatic heterocycles. The first kappa shape index (κ1) is 15.5. The molecule has 5 heteroatoms. The maximum absolute atomic E-state index is 12.4. The number of piperidine rings is 1. The fourth-order valence-corrected chi connectivity index (χ4v) is 2.44. The average molecular weight is 289 g/mol. The van der Waals surface area contributed by atoms with Crippen LogP contribution in [0, 0.1) is 0 Å². The van der Waals surface area contributed by atoms with E-state index in [1.54, 1.807) is 31.2 Å². The number of carbonyl (C=O) groups excluding carboxylic acids is 2. The van der Waals surface area contributed by atoms with Crippen molar-refractivity contribution in [2.75, 3.05) is 18.4 Å². The van der Waals surface area contributed by atoms with Gasteiger partial charge < -0.3 is 16.0 Å². The lowest BCUT2D eigenvalue weighted by molar-refractivity contribution is -0.115. The second-order valence-electron chi connectivity index (χ2n) is 5.75. The van der Waals surface area contributed by atoms with E-state index in [2.05, 4.69) is 22.9 Å². The van der Waals surface area contributed by atoms with E-state index < -0.39 is 0 Å². The number of amides is 2. The van der Waals surface area contributed by atoms with E-state index in [-0.39, 0.29) is 17.4 Å². The van der Waals surface area contributed by atoms with Crippen LogP contribution in [-0.2, 0) is 4.79 Å². The minimum atomic E-state index is -0.162. The van der Waals surface area contributed by atoms with Gasteiger partial charge in [0.25, 0.3) is 5.91 Å². The van der Waals surface area contributed by atoms with Gasteiger partial charge in [-0.1, -0.05) is 13.0 Å². The van der Waals surface area contributed by atoms with Crippen LogP contribution in [0.5, 0.6) is 0 Å². The Kier molecular flexibility index (Phi) is 4.96. The predicted octanol–water partition coefficient (Wildman–Crippen LogP) is 1.91. The zero-order valence-corrected chi connectivity index (χ0v) is 12.7. The maximum atomic E-state index is 12.4. The first-order chi connectivity index (χ1) is 10.0. The van der Waals surface area contributed by atoms with Gasteiger partial charge in [0.1, 0.15) is 0 Å². The molecule has 1 aliphatic rings. The Hall–Kier alpha value is -1.88. The molecule has 1 saturated heterocycles. The van der Waals surface area contributed by atoms with Gasteiger partial charge in [-0.3, -0.25) is 9.59 Å². The molecule has 0 radical (unpaired) electrons. The van der Waals surface area contributed by atoms with E-state index in [1.807, 2.05) is 0 Å². The van der Waals surface area contributed by atoms with Crippen LogP contribution < -0.4 is 16.0 Å². The van der Waals surface area contributed by atoms with Gasteiger partial charge in [0.15, 0.2) is 0 Å². The molecule has 1 aromatic carbocycles. The number of anilines is 1. The van der Waals surface area contributed by atoms with Crippen molar-refractivity contribution in [2.45, 2.75) is 38.6 Å². The van der Waals surface area contributed by atoms with Crippen LogP contribution in [0.1, 0.15) is 43.5 Å². The number of hydrogen-bond acceptors (Lipinski definition) is 3. The lowest BCUT2D eigenvalue weighted by Crippen LogP contribution is -2.52. The molecule has 1 aromatic rings. The summed E-state index contributed by atoms with van der Waals surface area (Å²) >= 11 is 0. The summed E-state index contributed by atoms with van der Waals surface area (Å²) in [6.07, 6.45) is 2.26. The van der Waals surface area contributed by atoms with Gasteiger partial charge in [0.05, 0.1) is 0 Å². The number of hydrogen-bond donors (Lipinski definition) is 3. The summed E-state index contributed by atoms with van der Waals surface area (Å²) in [5, 5.41) is 9.18. The summed E-state index contributed by atoms with van der Waals surface area (Å²) in [7, 11) is 0. The molecule has 5 nitrogen and oxygen atoms in total. The highest BCUT2D eigenvalue weighted by Crippen LogP contribution is 2.19. The number of carbonyl (C=O) groups is 2. The van der Waals surface area contributed by atoms with E-state index >= 15 is 0 Å². The first-order valence-electron chi connectivity index (χ1n) is 7.45. The summed E-state index contributed by atoms with van der Waals surface area (Å²) in [5.74, 6) is -0.148. The van der Waals surface area contributed by atoms with Crippen LogP contribution in [0.2, 0.25) is 0 Å². The molecular formula is C16H23N3O2. The summed E-state index contributed by atoms with van der Waals surface area (Å²) in [6.45, 7) is 5.71. The van der Waals surface area contributed by atoms with Crippen molar-refractivity contribution < 1.29 is 9.59 Å². The molecule has 1 heterocycles. The largest absolute Gasteiger partial charge is 0.347 e. The standard InChI is InChI=1S/C16H23N3O2/c1-3-14(20)18-13-6-4-5-12(11-13)15(21)19-16(2)7-9-17-10-8-16/h4-6,11,17H,3,7-10H2,1-2H3,(H,18,20)(H,19,21). The highest BCUT2D eigenvalue weighted by Gasteiger charge is 2.28. The molecule has 1 fully saturated rings. The molecule has 1 aliphatic heterocycles. The molecule has 0 aliphatic carbocycles. The molecule has 2 rings (SSSR count). The quantitative estimate of drug-likeness (QED) is 0.793. The number of rotatable bonds is 4. The van der Waals surface area contributed by atoms with Crippen LogP contribution in [-0.4, -0.2) is 30.4 Å². The Morgan fingerprint density at radius 1 is 1.29 bits per heavy atom. The van der Waals surface area contributed by atoms with E-state index in [9.17, 15) is 9.59 Å². The third kappa shape index (κ3) is 4.29. The molecule has 0 bridgehead atoms. The van der Waals surface area contributed by atoms with E-state index in [4.69, 9.17) is 0 Å². The van der Waals surface area contributed by atoms with Crippen molar-refractivity contribution >= 4 is 17.5 Å². The smallest absolute Gasteiger partial charge is 0.251 e. The van der Waals surface area contributed by atoms with E-state index in [1.165, 1.54) is 0 Å². The monoisotopic (exact) mass is 289 g/mol. The van der Waals surface area contributed by atoms with Crippen molar-refractivity contribution in [2.24, 2.45) is 0 Å². The Balaban J connectivity index is 2.05. The lowest BCUT2D eigenvalue weighted by Gasteiger charge is -2.35. The highest BCUT2D eigenvalue weighted by atomic mass is 16.2. The molecule has 0 saturated carbocycles. The van der Waals surface area contributed by atoms with Crippen LogP contribution >= 0.6 is 0 Å². The van der Waals surface area contributed by atoms with Crippen LogP contribution in [0.4, 0.5) is 5.69 Å². The fraction of sp³-hybridized carbons (Fsp3) is 0.500. The summed E-state index contributed by atoms with van der Waals surface area (Å²) < 4.78 is 0.